The van der Waals surface area contributed by atoms with Gasteiger partial charge in [0.1, 0.15) is 5.82 Å². The maximum Gasteiger partial charge on any atom is 0.333 e. The predicted octanol–water partition coefficient (Wildman–Crippen LogP) is 6.86. The van der Waals surface area contributed by atoms with Crippen molar-refractivity contribution in [1.82, 2.24) is 24.6 Å². The highest BCUT2D eigenvalue weighted by Gasteiger charge is 2.25. The van der Waals surface area contributed by atoms with Gasteiger partial charge in [-0.3, -0.25) is 14.1 Å². The first kappa shape index (κ1) is 27.1. The molecule has 2 aromatic heterocycles. The smallest absolute Gasteiger partial charge is 0.327 e. The fraction of sp³-hybridized carbons (Fsp3) is 0.129. The summed E-state index contributed by atoms with van der Waals surface area (Å²) in [7, 11) is -3.57. The van der Waals surface area contributed by atoms with Gasteiger partial charge in [0.2, 0.25) is 0 Å². The molecule has 8 nitrogen and oxygen atoms in total. The summed E-state index contributed by atoms with van der Waals surface area (Å²) in [4.78, 5) is 22.4. The number of nitrogens with zero attached hydrogens (tertiary/aromatic N) is 3. The normalized spacial score (nSPS) is 12.5. The van der Waals surface area contributed by atoms with Crippen molar-refractivity contribution >= 4 is 16.8 Å². The summed E-state index contributed by atoms with van der Waals surface area (Å²) in [6.07, 6.45) is 5.83. The number of pyridine rings is 1. The minimum atomic E-state index is -3.57. The van der Waals surface area contributed by atoms with Gasteiger partial charge in [0, 0.05) is 35.5 Å². The van der Waals surface area contributed by atoms with Crippen molar-refractivity contribution < 1.29 is 13.9 Å². The van der Waals surface area contributed by atoms with Crippen molar-refractivity contribution in [2.45, 2.75) is 31.2 Å². The number of aryl methyl sites for hydroxylation is 2. The lowest BCUT2D eigenvalue weighted by Gasteiger charge is -2.34. The molecule has 0 aliphatic carbocycles. The van der Waals surface area contributed by atoms with E-state index in [1.807, 2.05) is 90.6 Å². The molecule has 0 aliphatic rings. The molecule has 3 aromatic carbocycles. The first-order chi connectivity index (χ1) is 19.3. The highest BCUT2D eigenvalue weighted by Crippen LogP contribution is 2.45. The molecular weight excluding hydrogens is 522 g/mol. The van der Waals surface area contributed by atoms with E-state index in [1.54, 1.807) is 37.4 Å². The van der Waals surface area contributed by atoms with Crippen LogP contribution >= 0.6 is 10.8 Å². The highest BCUT2D eigenvalue weighted by molar-refractivity contribution is 8.23. The topological polar surface area (TPSA) is 112 Å². The third-order valence-corrected chi connectivity index (χ3v) is 8.14. The lowest BCUT2D eigenvalue weighted by molar-refractivity contribution is 0.240. The summed E-state index contributed by atoms with van der Waals surface area (Å²) in [5.74, 6) is 0.608. The van der Waals surface area contributed by atoms with Gasteiger partial charge in [-0.25, -0.2) is 14.5 Å². The number of urea groups is 1. The maximum atomic E-state index is 13.1. The number of imidazole rings is 1. The quantitative estimate of drug-likeness (QED) is 0.168. The van der Waals surface area contributed by atoms with Gasteiger partial charge in [-0.15, -0.1) is 0 Å². The molecule has 0 aliphatic heterocycles. The van der Waals surface area contributed by atoms with Crippen LogP contribution in [0, 0.1) is 13.8 Å². The molecule has 0 saturated carbocycles. The summed E-state index contributed by atoms with van der Waals surface area (Å²) in [5, 5.41) is 2.93. The van der Waals surface area contributed by atoms with Crippen LogP contribution in [0.4, 0.5) is 4.79 Å². The second-order valence-electron chi connectivity index (χ2n) is 9.52. The molecule has 9 heteroatoms. The van der Waals surface area contributed by atoms with E-state index in [1.165, 1.54) is 0 Å². The Hall–Kier alpha value is -4.44. The van der Waals surface area contributed by atoms with Crippen LogP contribution < -0.4 is 10.0 Å². The Balaban J connectivity index is 1.41. The second-order valence-corrected chi connectivity index (χ2v) is 11.3. The maximum absolute atomic E-state index is 13.1. The number of nitrogens with one attached hydrogen (secondary N) is 2. The Morgan fingerprint density at radius 2 is 1.57 bits per heavy atom. The van der Waals surface area contributed by atoms with Crippen LogP contribution in [0.1, 0.15) is 28.7 Å². The molecule has 0 bridgehead atoms. The van der Waals surface area contributed by atoms with Gasteiger partial charge in [0.15, 0.2) is 0 Å². The summed E-state index contributed by atoms with van der Waals surface area (Å²) >= 11 is 0. The van der Waals surface area contributed by atoms with Gasteiger partial charge in [0.05, 0.1) is 10.9 Å². The summed E-state index contributed by atoms with van der Waals surface area (Å²) in [6, 6.07) is 27.4. The molecule has 5 rings (SSSR count). The van der Waals surface area contributed by atoms with Crippen molar-refractivity contribution in [3.63, 3.8) is 0 Å². The van der Waals surface area contributed by atoms with E-state index in [2.05, 4.69) is 20.0 Å². The van der Waals surface area contributed by atoms with Gasteiger partial charge >= 0.3 is 6.03 Å². The van der Waals surface area contributed by atoms with Gasteiger partial charge in [-0.1, -0.05) is 77.5 Å². The first-order valence-electron chi connectivity index (χ1n) is 12.8. The largest absolute Gasteiger partial charge is 0.333 e. The predicted molar refractivity (Wildman–Crippen MR) is 158 cm³/mol. The van der Waals surface area contributed by atoms with Crippen molar-refractivity contribution in [3.05, 3.63) is 132 Å². The van der Waals surface area contributed by atoms with Crippen LogP contribution in [0.3, 0.4) is 0 Å². The molecule has 0 radical (unpaired) electrons. The van der Waals surface area contributed by atoms with E-state index in [0.29, 0.717) is 17.8 Å². The monoisotopic (exact) mass is 553 g/mol. The van der Waals surface area contributed by atoms with Gasteiger partial charge < -0.3 is 9.88 Å². The van der Waals surface area contributed by atoms with Crippen LogP contribution in [0.2, 0.25) is 0 Å². The molecule has 1 unspecified atom stereocenters. The Bertz CT molecular complexity index is 1590. The van der Waals surface area contributed by atoms with E-state index < -0.39 is 22.8 Å². The van der Waals surface area contributed by atoms with Crippen LogP contribution in [-0.2, 0) is 6.42 Å². The van der Waals surface area contributed by atoms with Crippen LogP contribution in [0.25, 0.3) is 16.8 Å². The number of hydrogen-bond donors (Lipinski definition) is 4. The third-order valence-electron chi connectivity index (χ3n) is 6.59. The number of amides is 2. The molecule has 4 N–H and O–H groups in total. The number of hydrogen-bond acceptors (Lipinski definition) is 5. The van der Waals surface area contributed by atoms with E-state index in [4.69, 9.17) is 0 Å². The lowest BCUT2D eigenvalue weighted by atomic mass is 10.0. The Labute approximate surface area is 235 Å². The van der Waals surface area contributed by atoms with Gasteiger partial charge in [0.25, 0.3) is 0 Å². The number of carbonyl (C=O) groups is 1. The average molecular weight is 554 g/mol. The standard InChI is InChI=1S/C31H31N5O3S/c1-22-8-6-7-11-29(22)40(38,39)35-31(37)34-28(20-24-9-4-3-5-10-24)30-32-18-19-36(30)27-16-14-25(15-17-27)26-13-12-23(2)33-21-26/h3-19,21,28,38-39H,20H2,1-2H3,(H2,34,35,37). The molecule has 2 heterocycles. The minimum Gasteiger partial charge on any atom is -0.327 e. The minimum absolute atomic E-state index is 0.273. The Kier molecular flexibility index (Phi) is 7.97. The van der Waals surface area contributed by atoms with Crippen molar-refractivity contribution in [2.75, 3.05) is 0 Å². The van der Waals surface area contributed by atoms with Crippen LogP contribution in [-0.4, -0.2) is 29.7 Å². The third kappa shape index (κ3) is 6.23. The summed E-state index contributed by atoms with van der Waals surface area (Å²) in [6.45, 7) is 3.72. The van der Waals surface area contributed by atoms with Gasteiger partial charge in [-0.05, 0) is 61.2 Å². The lowest BCUT2D eigenvalue weighted by Crippen LogP contribution is -2.40. The molecule has 0 spiro atoms. The zero-order chi connectivity index (χ0) is 28.1. The second kappa shape index (κ2) is 11.7. The van der Waals surface area contributed by atoms with Crippen LogP contribution in [0.5, 0.6) is 0 Å². The average Bonchev–Trinajstić information content (AvgIpc) is 3.44. The van der Waals surface area contributed by atoms with E-state index >= 15 is 0 Å². The zero-order valence-electron chi connectivity index (χ0n) is 22.2. The molecule has 1 atom stereocenters. The van der Waals surface area contributed by atoms with Crippen molar-refractivity contribution in [1.29, 1.82) is 0 Å². The number of rotatable bonds is 8. The number of carbonyl (C=O) groups excluding carboxylic acids is 1. The van der Waals surface area contributed by atoms with Crippen molar-refractivity contribution in [3.8, 4) is 16.8 Å². The van der Waals surface area contributed by atoms with Gasteiger partial charge in [-0.2, -0.15) is 0 Å². The fourth-order valence-corrected chi connectivity index (χ4v) is 5.76. The fourth-order valence-electron chi connectivity index (χ4n) is 4.55. The highest BCUT2D eigenvalue weighted by atomic mass is 32.3. The molecule has 5 aromatic rings. The van der Waals surface area contributed by atoms with E-state index in [0.717, 1.165) is 28.1 Å². The zero-order valence-corrected chi connectivity index (χ0v) is 23.0. The summed E-state index contributed by atoms with van der Waals surface area (Å²) in [5.41, 5.74) is 5.57. The molecule has 0 fully saturated rings. The molecule has 204 valence electrons. The number of aromatic nitrogens is 3. The first-order valence-corrected chi connectivity index (χ1v) is 14.4. The summed E-state index contributed by atoms with van der Waals surface area (Å²) < 4.78 is 25.9. The van der Waals surface area contributed by atoms with E-state index in [9.17, 15) is 13.9 Å². The molecular formula is C31H31N5O3S. The van der Waals surface area contributed by atoms with E-state index in [-0.39, 0.29) is 4.90 Å². The molecule has 2 amide bonds. The van der Waals surface area contributed by atoms with Crippen molar-refractivity contribution in [2.24, 2.45) is 0 Å². The SMILES string of the molecule is Cc1ccc(-c2ccc(-n3ccnc3C(Cc3ccccc3)NC(=O)NS(O)(O)c3ccccc3C)cc2)cn1. The Morgan fingerprint density at radius 1 is 0.875 bits per heavy atom. The van der Waals surface area contributed by atoms with Crippen LogP contribution in [0.15, 0.2) is 114 Å². The Morgan fingerprint density at radius 3 is 2.27 bits per heavy atom. The molecule has 40 heavy (non-hydrogen) atoms. The molecule has 0 saturated heterocycles. The number of benzene rings is 3.